The van der Waals surface area contributed by atoms with E-state index in [2.05, 4.69) is 4.99 Å². The molecule has 19 heavy (non-hydrogen) atoms. The SMILES string of the molecule is COc1c(CN=C=O)cc(F)c(S(C)(=O)=O)c1OC. The first-order chi connectivity index (χ1) is 8.86. The summed E-state index contributed by atoms with van der Waals surface area (Å²) in [7, 11) is -1.37. The fourth-order valence-corrected chi connectivity index (χ4v) is 2.56. The van der Waals surface area contributed by atoms with Crippen LogP contribution in [-0.4, -0.2) is 35.0 Å². The van der Waals surface area contributed by atoms with Gasteiger partial charge in [-0.2, -0.15) is 0 Å². The summed E-state index contributed by atoms with van der Waals surface area (Å²) in [6, 6.07) is 0.943. The van der Waals surface area contributed by atoms with Crippen molar-refractivity contribution in [1.82, 2.24) is 0 Å². The molecule has 0 aliphatic carbocycles. The lowest BCUT2D eigenvalue weighted by atomic mass is 10.1. The standard InChI is InChI=1S/C11H12FNO5S/c1-17-9-7(5-13-6-14)4-8(12)11(10(9)18-2)19(3,15)16/h4H,5H2,1-3H3. The maximum atomic E-state index is 13.9. The fraction of sp³-hybridized carbons (Fsp3) is 0.364. The molecule has 0 atom stereocenters. The van der Waals surface area contributed by atoms with Crippen molar-refractivity contribution >= 4 is 15.9 Å². The van der Waals surface area contributed by atoms with E-state index in [1.54, 1.807) is 0 Å². The lowest BCUT2D eigenvalue weighted by molar-refractivity contribution is 0.338. The molecule has 1 rings (SSSR count). The fourth-order valence-electron chi connectivity index (χ4n) is 1.63. The van der Waals surface area contributed by atoms with Gasteiger partial charge in [0.05, 0.1) is 20.8 Å². The minimum Gasteiger partial charge on any atom is -0.492 e. The molecule has 6 nitrogen and oxygen atoms in total. The Kier molecular flexibility index (Phi) is 4.63. The van der Waals surface area contributed by atoms with Gasteiger partial charge in [-0.05, 0) is 6.07 Å². The average Bonchev–Trinajstić information content (AvgIpc) is 2.33. The Labute approximate surface area is 109 Å². The summed E-state index contributed by atoms with van der Waals surface area (Å²) in [4.78, 5) is 12.8. The Morgan fingerprint density at radius 1 is 1.32 bits per heavy atom. The third kappa shape index (κ3) is 3.10. The highest BCUT2D eigenvalue weighted by atomic mass is 32.2. The number of carbonyl (C=O) groups excluding carboxylic acids is 1. The molecule has 1 aromatic rings. The Morgan fingerprint density at radius 3 is 2.32 bits per heavy atom. The Morgan fingerprint density at radius 2 is 1.89 bits per heavy atom. The van der Waals surface area contributed by atoms with Gasteiger partial charge in [-0.1, -0.05) is 0 Å². The molecule has 0 amide bonds. The van der Waals surface area contributed by atoms with Gasteiger partial charge in [0, 0.05) is 11.8 Å². The van der Waals surface area contributed by atoms with Crippen LogP contribution in [0.25, 0.3) is 0 Å². The van der Waals surface area contributed by atoms with E-state index in [1.165, 1.54) is 20.3 Å². The third-order valence-electron chi connectivity index (χ3n) is 2.31. The summed E-state index contributed by atoms with van der Waals surface area (Å²) in [5.41, 5.74) is 0.188. The number of halogens is 1. The number of aliphatic imine (C=N–C) groups is 1. The van der Waals surface area contributed by atoms with Crippen LogP contribution in [0.3, 0.4) is 0 Å². The van der Waals surface area contributed by atoms with Crippen LogP contribution < -0.4 is 9.47 Å². The molecule has 0 radical (unpaired) electrons. The van der Waals surface area contributed by atoms with Gasteiger partial charge < -0.3 is 9.47 Å². The molecule has 0 fully saturated rings. The highest BCUT2D eigenvalue weighted by Crippen LogP contribution is 2.39. The molecule has 104 valence electrons. The van der Waals surface area contributed by atoms with Crippen LogP contribution in [0, 0.1) is 5.82 Å². The molecule has 0 aliphatic heterocycles. The second kappa shape index (κ2) is 5.81. The normalized spacial score (nSPS) is 10.7. The maximum Gasteiger partial charge on any atom is 0.235 e. The lowest BCUT2D eigenvalue weighted by Crippen LogP contribution is -2.07. The number of hydrogen-bond donors (Lipinski definition) is 0. The largest absolute Gasteiger partial charge is 0.492 e. The first kappa shape index (κ1) is 15.1. The molecule has 8 heteroatoms. The average molecular weight is 289 g/mol. The van der Waals surface area contributed by atoms with Gasteiger partial charge in [0.25, 0.3) is 0 Å². The minimum atomic E-state index is -3.83. The summed E-state index contributed by atoms with van der Waals surface area (Å²) in [5.74, 6) is -1.22. The Bertz CT molecular complexity index is 635. The number of isocyanates is 1. The molecule has 0 bridgehead atoms. The van der Waals surface area contributed by atoms with Gasteiger partial charge in [-0.15, -0.1) is 0 Å². The summed E-state index contributed by atoms with van der Waals surface area (Å²) >= 11 is 0. The minimum absolute atomic E-state index is 0.0170. The highest BCUT2D eigenvalue weighted by Gasteiger charge is 2.26. The van der Waals surface area contributed by atoms with E-state index in [4.69, 9.17) is 9.47 Å². The van der Waals surface area contributed by atoms with Crippen molar-refractivity contribution in [3.05, 3.63) is 17.4 Å². The van der Waals surface area contributed by atoms with Crippen molar-refractivity contribution in [2.24, 2.45) is 4.99 Å². The predicted molar refractivity (Wildman–Crippen MR) is 64.4 cm³/mol. The Balaban J connectivity index is 3.68. The monoisotopic (exact) mass is 289 g/mol. The van der Waals surface area contributed by atoms with Crippen molar-refractivity contribution in [3.63, 3.8) is 0 Å². The maximum absolute atomic E-state index is 13.9. The van der Waals surface area contributed by atoms with E-state index in [1.807, 2.05) is 0 Å². The molecular weight excluding hydrogens is 277 g/mol. The second-order valence-electron chi connectivity index (χ2n) is 3.59. The van der Waals surface area contributed by atoms with Crippen molar-refractivity contribution in [2.75, 3.05) is 20.5 Å². The molecule has 0 saturated carbocycles. The molecule has 0 N–H and O–H groups in total. The number of benzene rings is 1. The molecule has 0 aromatic heterocycles. The quantitative estimate of drug-likeness (QED) is 0.598. The van der Waals surface area contributed by atoms with Crippen LogP contribution in [-0.2, 0) is 21.2 Å². The molecular formula is C11H12FNO5S. The third-order valence-corrected chi connectivity index (χ3v) is 3.44. The van der Waals surface area contributed by atoms with Gasteiger partial charge in [0.1, 0.15) is 10.7 Å². The van der Waals surface area contributed by atoms with E-state index in [-0.39, 0.29) is 23.6 Å². The van der Waals surface area contributed by atoms with Crippen molar-refractivity contribution in [3.8, 4) is 11.5 Å². The van der Waals surface area contributed by atoms with Crippen molar-refractivity contribution < 1.29 is 27.1 Å². The molecule has 0 aliphatic rings. The van der Waals surface area contributed by atoms with E-state index in [0.717, 1.165) is 12.3 Å². The molecule has 0 unspecified atom stereocenters. The van der Waals surface area contributed by atoms with E-state index < -0.39 is 20.5 Å². The van der Waals surface area contributed by atoms with Crippen LogP contribution >= 0.6 is 0 Å². The van der Waals surface area contributed by atoms with Crippen molar-refractivity contribution in [2.45, 2.75) is 11.4 Å². The molecule has 0 heterocycles. The first-order valence-corrected chi connectivity index (χ1v) is 6.93. The van der Waals surface area contributed by atoms with Crippen molar-refractivity contribution in [1.29, 1.82) is 0 Å². The first-order valence-electron chi connectivity index (χ1n) is 5.03. The van der Waals surface area contributed by atoms with Gasteiger partial charge in [-0.25, -0.2) is 22.6 Å². The number of ether oxygens (including phenoxy) is 2. The van der Waals surface area contributed by atoms with Crippen LogP contribution in [0.2, 0.25) is 0 Å². The van der Waals surface area contributed by atoms with Crippen LogP contribution in [0.1, 0.15) is 5.56 Å². The topological polar surface area (TPSA) is 82.0 Å². The van der Waals surface area contributed by atoms with Crippen LogP contribution in [0.5, 0.6) is 11.5 Å². The summed E-state index contributed by atoms with van der Waals surface area (Å²) < 4.78 is 46.9. The van der Waals surface area contributed by atoms with Gasteiger partial charge in [0.15, 0.2) is 21.3 Å². The number of methoxy groups -OCH3 is 2. The zero-order chi connectivity index (χ0) is 14.6. The van der Waals surface area contributed by atoms with Gasteiger partial charge in [0.2, 0.25) is 6.08 Å². The zero-order valence-corrected chi connectivity index (χ0v) is 11.4. The molecule has 1 aromatic carbocycles. The molecule has 0 saturated heterocycles. The summed E-state index contributed by atoms with van der Waals surface area (Å²) in [6.45, 7) is -0.190. The van der Waals surface area contributed by atoms with Gasteiger partial charge >= 0.3 is 0 Å². The second-order valence-corrected chi connectivity index (χ2v) is 5.55. The van der Waals surface area contributed by atoms with E-state index in [9.17, 15) is 17.6 Å². The number of nitrogens with zero attached hydrogens (tertiary/aromatic N) is 1. The highest BCUT2D eigenvalue weighted by molar-refractivity contribution is 7.90. The van der Waals surface area contributed by atoms with Gasteiger partial charge in [-0.3, -0.25) is 0 Å². The smallest absolute Gasteiger partial charge is 0.235 e. The number of rotatable bonds is 5. The molecule has 0 spiro atoms. The van der Waals surface area contributed by atoms with E-state index >= 15 is 0 Å². The Hall–Kier alpha value is -1.92. The lowest BCUT2D eigenvalue weighted by Gasteiger charge is -2.15. The number of hydrogen-bond acceptors (Lipinski definition) is 6. The zero-order valence-electron chi connectivity index (χ0n) is 10.6. The summed E-state index contributed by atoms with van der Waals surface area (Å²) in [6.07, 6.45) is 2.16. The predicted octanol–water partition coefficient (Wildman–Crippen LogP) is 1.08. The number of sulfone groups is 1. The van der Waals surface area contributed by atoms with E-state index in [0.29, 0.717) is 0 Å². The van der Waals surface area contributed by atoms with Crippen LogP contribution in [0.15, 0.2) is 16.0 Å². The van der Waals surface area contributed by atoms with Crippen LogP contribution in [0.4, 0.5) is 4.39 Å². The summed E-state index contributed by atoms with van der Waals surface area (Å²) in [5, 5.41) is 0.